The summed E-state index contributed by atoms with van der Waals surface area (Å²) in [6.07, 6.45) is 2.50. The number of hydrogen-bond donors (Lipinski definition) is 3. The molecular weight excluding hydrogens is 470 g/mol. The molecular formula is C24H30ClN7O3. The number of nitrogens with two attached hydrogens (primary N) is 2. The van der Waals surface area contributed by atoms with E-state index in [-0.39, 0.29) is 25.0 Å². The normalized spacial score (nSPS) is 10.7. The maximum atomic E-state index is 13.4. The molecule has 2 aromatic carbocycles. The zero-order valence-corrected chi connectivity index (χ0v) is 20.4. The van der Waals surface area contributed by atoms with Crippen molar-refractivity contribution in [1.82, 2.24) is 14.1 Å². The highest BCUT2D eigenvalue weighted by Gasteiger charge is 2.14. The average Bonchev–Trinajstić information content (AvgIpc) is 2.84. The summed E-state index contributed by atoms with van der Waals surface area (Å²) in [4.78, 5) is 34.3. The first-order valence-electron chi connectivity index (χ1n) is 11.3. The Kier molecular flexibility index (Phi) is 9.31. The SMILES string of the molecule is COc1ccc(Cn2c(NCCCCCN=C(N)N)nc(=O)n(Cc3ccc(Cl)cc3)c2=O)cc1. The number of hydrogen-bond acceptors (Lipinski definition) is 6. The summed E-state index contributed by atoms with van der Waals surface area (Å²) in [6, 6.07) is 14.4. The second-order valence-electron chi connectivity index (χ2n) is 7.94. The summed E-state index contributed by atoms with van der Waals surface area (Å²) in [5, 5.41) is 3.72. The maximum Gasteiger partial charge on any atom is 0.355 e. The first kappa shape index (κ1) is 25.8. The van der Waals surface area contributed by atoms with Crippen LogP contribution in [0.3, 0.4) is 0 Å². The van der Waals surface area contributed by atoms with E-state index >= 15 is 0 Å². The fourth-order valence-electron chi connectivity index (χ4n) is 3.45. The number of guanidine groups is 1. The van der Waals surface area contributed by atoms with Gasteiger partial charge in [-0.25, -0.2) is 14.2 Å². The minimum absolute atomic E-state index is 0.0778. The van der Waals surface area contributed by atoms with Gasteiger partial charge in [-0.3, -0.25) is 9.56 Å². The highest BCUT2D eigenvalue weighted by Crippen LogP contribution is 2.14. The molecule has 0 bridgehead atoms. The summed E-state index contributed by atoms with van der Waals surface area (Å²) in [5.74, 6) is 1.02. The van der Waals surface area contributed by atoms with E-state index in [1.807, 2.05) is 24.3 Å². The lowest BCUT2D eigenvalue weighted by Gasteiger charge is -2.16. The van der Waals surface area contributed by atoms with Crippen LogP contribution in [0, 0.1) is 0 Å². The van der Waals surface area contributed by atoms with Crippen LogP contribution in [-0.2, 0) is 13.1 Å². The van der Waals surface area contributed by atoms with Gasteiger partial charge in [-0.15, -0.1) is 0 Å². The topological polar surface area (TPSA) is 143 Å². The Morgan fingerprint density at radius 1 is 0.971 bits per heavy atom. The van der Waals surface area contributed by atoms with Crippen LogP contribution in [0.25, 0.3) is 0 Å². The molecule has 3 rings (SSSR count). The minimum Gasteiger partial charge on any atom is -0.497 e. The van der Waals surface area contributed by atoms with Gasteiger partial charge in [0.15, 0.2) is 5.96 Å². The van der Waals surface area contributed by atoms with Gasteiger partial charge in [0.25, 0.3) is 0 Å². The third-order valence-corrected chi connectivity index (χ3v) is 5.57. The molecule has 0 saturated carbocycles. The fourth-order valence-corrected chi connectivity index (χ4v) is 3.58. The molecule has 0 unspecified atom stereocenters. The van der Waals surface area contributed by atoms with Gasteiger partial charge in [0, 0.05) is 18.1 Å². The molecule has 0 amide bonds. The van der Waals surface area contributed by atoms with Crippen LogP contribution in [0.15, 0.2) is 63.1 Å². The van der Waals surface area contributed by atoms with Gasteiger partial charge >= 0.3 is 11.4 Å². The van der Waals surface area contributed by atoms with Gasteiger partial charge in [0.2, 0.25) is 5.95 Å². The van der Waals surface area contributed by atoms with Crippen molar-refractivity contribution in [3.05, 3.63) is 85.6 Å². The minimum atomic E-state index is -0.619. The third kappa shape index (κ3) is 7.61. The number of anilines is 1. The Bertz CT molecular complexity index is 1250. The van der Waals surface area contributed by atoms with Crippen molar-refractivity contribution in [2.24, 2.45) is 16.5 Å². The fraction of sp³-hybridized carbons (Fsp3) is 0.333. The number of benzene rings is 2. The molecule has 11 heteroatoms. The van der Waals surface area contributed by atoms with Gasteiger partial charge in [0.1, 0.15) is 5.75 Å². The molecule has 5 N–H and O–H groups in total. The van der Waals surface area contributed by atoms with E-state index < -0.39 is 11.4 Å². The second-order valence-corrected chi connectivity index (χ2v) is 8.38. The number of rotatable bonds is 12. The van der Waals surface area contributed by atoms with Gasteiger partial charge in [0.05, 0.1) is 20.2 Å². The molecule has 3 aromatic rings. The lowest BCUT2D eigenvalue weighted by molar-refractivity contribution is 0.414. The van der Waals surface area contributed by atoms with Crippen LogP contribution < -0.4 is 32.9 Å². The molecule has 0 atom stereocenters. The van der Waals surface area contributed by atoms with Crippen molar-refractivity contribution in [1.29, 1.82) is 0 Å². The van der Waals surface area contributed by atoms with Crippen molar-refractivity contribution in [3.8, 4) is 5.75 Å². The molecule has 0 aliphatic heterocycles. The Labute approximate surface area is 208 Å². The number of halogens is 1. The Hall–Kier alpha value is -3.79. The Morgan fingerprint density at radius 2 is 1.60 bits per heavy atom. The number of aliphatic imine (C=N–C) groups is 1. The number of methoxy groups -OCH3 is 1. The Morgan fingerprint density at radius 3 is 2.23 bits per heavy atom. The standard InChI is InChI=1S/C24H30ClN7O3/c1-35-20-11-7-18(8-12-20)15-31-22(29-14-4-2-3-13-28-21(26)27)30-23(33)32(24(31)34)16-17-5-9-19(25)10-6-17/h5-12H,2-4,13-16H2,1H3,(H4,26,27,28)(H,29,30,33). The van der Waals surface area contributed by atoms with Crippen LogP contribution in [0.4, 0.5) is 5.95 Å². The molecule has 0 aliphatic rings. The average molecular weight is 500 g/mol. The summed E-state index contributed by atoms with van der Waals surface area (Å²) >= 11 is 5.96. The van der Waals surface area contributed by atoms with E-state index in [2.05, 4.69) is 15.3 Å². The lowest BCUT2D eigenvalue weighted by Crippen LogP contribution is -2.43. The molecule has 1 aromatic heterocycles. The van der Waals surface area contributed by atoms with E-state index in [0.717, 1.165) is 35.0 Å². The molecule has 186 valence electrons. The molecule has 0 saturated heterocycles. The number of nitrogens with zero attached hydrogens (tertiary/aromatic N) is 4. The first-order chi connectivity index (χ1) is 16.9. The lowest BCUT2D eigenvalue weighted by atomic mass is 10.2. The monoisotopic (exact) mass is 499 g/mol. The van der Waals surface area contributed by atoms with Crippen molar-refractivity contribution in [2.45, 2.75) is 32.4 Å². The second kappa shape index (κ2) is 12.6. The Balaban J connectivity index is 1.83. The number of ether oxygens (including phenoxy) is 1. The third-order valence-electron chi connectivity index (χ3n) is 5.32. The van der Waals surface area contributed by atoms with Crippen molar-refractivity contribution in [3.63, 3.8) is 0 Å². The number of nitrogens with one attached hydrogen (secondary N) is 1. The zero-order valence-electron chi connectivity index (χ0n) is 19.6. The smallest absolute Gasteiger partial charge is 0.355 e. The van der Waals surface area contributed by atoms with E-state index in [1.54, 1.807) is 31.4 Å². The molecule has 0 fully saturated rings. The predicted octanol–water partition coefficient (Wildman–Crippen LogP) is 2.02. The van der Waals surface area contributed by atoms with Gasteiger partial charge in [-0.1, -0.05) is 35.9 Å². The quantitative estimate of drug-likeness (QED) is 0.196. The van der Waals surface area contributed by atoms with E-state index in [1.165, 1.54) is 4.57 Å². The van der Waals surface area contributed by atoms with Gasteiger partial charge in [-0.05, 0) is 54.7 Å². The highest BCUT2D eigenvalue weighted by molar-refractivity contribution is 6.30. The van der Waals surface area contributed by atoms with Crippen molar-refractivity contribution >= 4 is 23.5 Å². The summed E-state index contributed by atoms with van der Waals surface area (Å²) in [5.41, 5.74) is 11.2. The predicted molar refractivity (Wildman–Crippen MR) is 138 cm³/mol. The maximum absolute atomic E-state index is 13.4. The summed E-state index contributed by atoms with van der Waals surface area (Å²) in [7, 11) is 1.59. The molecule has 0 spiro atoms. The molecule has 0 radical (unpaired) electrons. The van der Waals surface area contributed by atoms with Gasteiger partial charge in [-0.2, -0.15) is 4.98 Å². The molecule has 0 aliphatic carbocycles. The largest absolute Gasteiger partial charge is 0.497 e. The van der Waals surface area contributed by atoms with Crippen LogP contribution in [0.1, 0.15) is 30.4 Å². The first-order valence-corrected chi connectivity index (χ1v) is 11.6. The molecule has 10 nitrogen and oxygen atoms in total. The highest BCUT2D eigenvalue weighted by atomic mass is 35.5. The van der Waals surface area contributed by atoms with Crippen LogP contribution >= 0.6 is 11.6 Å². The van der Waals surface area contributed by atoms with Crippen molar-refractivity contribution in [2.75, 3.05) is 25.5 Å². The zero-order chi connectivity index (χ0) is 25.2. The van der Waals surface area contributed by atoms with E-state index in [9.17, 15) is 9.59 Å². The van der Waals surface area contributed by atoms with Crippen molar-refractivity contribution < 1.29 is 4.74 Å². The van der Waals surface area contributed by atoms with Gasteiger partial charge < -0.3 is 21.5 Å². The summed E-state index contributed by atoms with van der Waals surface area (Å²) < 4.78 is 7.80. The summed E-state index contributed by atoms with van der Waals surface area (Å²) in [6.45, 7) is 1.43. The van der Waals surface area contributed by atoms with E-state index in [4.69, 9.17) is 27.8 Å². The van der Waals surface area contributed by atoms with Crippen LogP contribution in [0.5, 0.6) is 5.75 Å². The van der Waals surface area contributed by atoms with E-state index in [0.29, 0.717) is 23.9 Å². The number of aromatic nitrogens is 3. The molecule has 35 heavy (non-hydrogen) atoms. The van der Waals surface area contributed by atoms with Crippen LogP contribution in [0.2, 0.25) is 5.02 Å². The number of unbranched alkanes of at least 4 members (excludes halogenated alkanes) is 2. The molecule has 1 heterocycles. The van der Waals surface area contributed by atoms with Crippen LogP contribution in [-0.4, -0.2) is 40.3 Å².